The summed E-state index contributed by atoms with van der Waals surface area (Å²) in [5.74, 6) is 1.90. The van der Waals surface area contributed by atoms with E-state index in [1.165, 1.54) is 44.2 Å². The van der Waals surface area contributed by atoms with Crippen LogP contribution in [0.2, 0.25) is 0 Å². The molecule has 3 fully saturated rings. The maximum atomic E-state index is 5.72. The third kappa shape index (κ3) is 5.76. The van der Waals surface area contributed by atoms with Crippen molar-refractivity contribution in [1.29, 1.82) is 0 Å². The van der Waals surface area contributed by atoms with Crippen LogP contribution in [0.25, 0.3) is 0 Å². The maximum Gasteiger partial charge on any atom is 0.191 e. The molecule has 0 spiro atoms. The van der Waals surface area contributed by atoms with Crippen LogP contribution in [0.15, 0.2) is 29.3 Å². The first kappa shape index (κ1) is 23.4. The first-order chi connectivity index (χ1) is 15.7. The fourth-order valence-electron chi connectivity index (χ4n) is 5.62. The van der Waals surface area contributed by atoms with Crippen molar-refractivity contribution in [3.8, 4) is 5.75 Å². The number of guanidine groups is 1. The summed E-state index contributed by atoms with van der Waals surface area (Å²) in [4.78, 5) is 7.82. The number of nitrogens with zero attached hydrogens (tertiary/aromatic N) is 2. The highest BCUT2D eigenvalue weighted by Gasteiger charge is 2.35. The Hall–Kier alpha value is -1.79. The van der Waals surface area contributed by atoms with Crippen LogP contribution in [-0.2, 0) is 10.2 Å². The number of hydrogen-bond donors (Lipinski definition) is 2. The molecule has 2 saturated heterocycles. The molecule has 1 aliphatic carbocycles. The molecule has 2 aliphatic heterocycles. The van der Waals surface area contributed by atoms with Gasteiger partial charge in [-0.1, -0.05) is 25.0 Å². The Morgan fingerprint density at radius 1 is 1.12 bits per heavy atom. The molecule has 4 rings (SSSR count). The smallest absolute Gasteiger partial charge is 0.191 e. The van der Waals surface area contributed by atoms with Crippen LogP contribution in [0.5, 0.6) is 5.75 Å². The molecule has 6 heteroatoms. The number of rotatable bonds is 8. The van der Waals surface area contributed by atoms with Gasteiger partial charge in [0.2, 0.25) is 0 Å². The van der Waals surface area contributed by atoms with E-state index >= 15 is 0 Å². The molecular formula is C26H42N4O2. The highest BCUT2D eigenvalue weighted by molar-refractivity contribution is 5.80. The SMILES string of the molecule is CCNC(=NCC1(c2ccc(OCC)cc2)CCOCC1)NC1CCN(C2CCCC2)C1. The molecule has 1 atom stereocenters. The summed E-state index contributed by atoms with van der Waals surface area (Å²) in [5.41, 5.74) is 1.37. The van der Waals surface area contributed by atoms with E-state index in [0.717, 1.165) is 63.4 Å². The molecule has 0 radical (unpaired) electrons. The lowest BCUT2D eigenvalue weighted by atomic mass is 9.74. The van der Waals surface area contributed by atoms with Gasteiger partial charge in [-0.15, -0.1) is 0 Å². The highest BCUT2D eigenvalue weighted by atomic mass is 16.5. The monoisotopic (exact) mass is 442 g/mol. The van der Waals surface area contributed by atoms with Crippen LogP contribution in [0.1, 0.15) is 64.4 Å². The number of ether oxygens (including phenoxy) is 2. The average molecular weight is 443 g/mol. The second-order valence-electron chi connectivity index (χ2n) is 9.61. The topological polar surface area (TPSA) is 58.1 Å². The minimum Gasteiger partial charge on any atom is -0.494 e. The lowest BCUT2D eigenvalue weighted by Gasteiger charge is -2.37. The molecule has 1 unspecified atom stereocenters. The Balaban J connectivity index is 1.43. The van der Waals surface area contributed by atoms with Gasteiger partial charge < -0.3 is 20.1 Å². The Morgan fingerprint density at radius 2 is 1.88 bits per heavy atom. The summed E-state index contributed by atoms with van der Waals surface area (Å²) in [5, 5.41) is 7.25. The summed E-state index contributed by atoms with van der Waals surface area (Å²) in [6.45, 7) is 10.5. The van der Waals surface area contributed by atoms with Gasteiger partial charge in [0.25, 0.3) is 0 Å². The second kappa shape index (κ2) is 11.4. The zero-order chi connectivity index (χ0) is 22.2. The third-order valence-electron chi connectivity index (χ3n) is 7.51. The van der Waals surface area contributed by atoms with Gasteiger partial charge >= 0.3 is 0 Å². The number of likely N-dealkylation sites (tertiary alicyclic amines) is 1. The van der Waals surface area contributed by atoms with Crippen molar-refractivity contribution in [3.05, 3.63) is 29.8 Å². The van der Waals surface area contributed by atoms with Crippen molar-refractivity contribution >= 4 is 5.96 Å². The van der Waals surface area contributed by atoms with Crippen LogP contribution in [0, 0.1) is 0 Å². The van der Waals surface area contributed by atoms with Gasteiger partial charge in [-0.3, -0.25) is 9.89 Å². The lowest BCUT2D eigenvalue weighted by molar-refractivity contribution is 0.0531. The summed E-state index contributed by atoms with van der Waals surface area (Å²) in [6, 6.07) is 9.94. The molecule has 0 bridgehead atoms. The Morgan fingerprint density at radius 3 is 2.56 bits per heavy atom. The lowest BCUT2D eigenvalue weighted by Crippen LogP contribution is -2.46. The zero-order valence-corrected chi connectivity index (χ0v) is 20.1. The molecule has 1 aromatic carbocycles. The predicted molar refractivity (Wildman–Crippen MR) is 131 cm³/mol. The van der Waals surface area contributed by atoms with E-state index in [4.69, 9.17) is 14.5 Å². The van der Waals surface area contributed by atoms with Crippen LogP contribution in [0.3, 0.4) is 0 Å². The van der Waals surface area contributed by atoms with E-state index in [9.17, 15) is 0 Å². The van der Waals surface area contributed by atoms with E-state index in [1.54, 1.807) is 0 Å². The van der Waals surface area contributed by atoms with Crippen molar-refractivity contribution in [1.82, 2.24) is 15.5 Å². The van der Waals surface area contributed by atoms with Crippen molar-refractivity contribution < 1.29 is 9.47 Å². The molecule has 1 saturated carbocycles. The summed E-state index contributed by atoms with van der Waals surface area (Å²) in [7, 11) is 0. The van der Waals surface area contributed by atoms with Crippen LogP contribution >= 0.6 is 0 Å². The van der Waals surface area contributed by atoms with Crippen LogP contribution in [-0.4, -0.2) is 68.9 Å². The fourth-order valence-corrected chi connectivity index (χ4v) is 5.62. The normalized spacial score (nSPS) is 24.6. The molecule has 0 aromatic heterocycles. The van der Waals surface area contributed by atoms with Crippen LogP contribution in [0.4, 0.5) is 0 Å². The minimum atomic E-state index is 0.0247. The molecular weight excluding hydrogens is 400 g/mol. The first-order valence-electron chi connectivity index (χ1n) is 12.8. The predicted octanol–water partition coefficient (Wildman–Crippen LogP) is 3.71. The van der Waals surface area contributed by atoms with E-state index in [1.807, 2.05) is 6.92 Å². The van der Waals surface area contributed by atoms with Gasteiger partial charge in [0.05, 0.1) is 13.2 Å². The second-order valence-corrected chi connectivity index (χ2v) is 9.61. The highest BCUT2D eigenvalue weighted by Crippen LogP contribution is 2.36. The van der Waals surface area contributed by atoms with Crippen molar-refractivity contribution in [2.45, 2.75) is 76.3 Å². The Kier molecular flexibility index (Phi) is 8.31. The maximum absolute atomic E-state index is 5.72. The summed E-state index contributed by atoms with van der Waals surface area (Å²) >= 11 is 0. The molecule has 2 heterocycles. The van der Waals surface area contributed by atoms with Crippen LogP contribution < -0.4 is 15.4 Å². The molecule has 2 N–H and O–H groups in total. The van der Waals surface area contributed by atoms with Crippen molar-refractivity contribution in [2.24, 2.45) is 4.99 Å². The molecule has 1 aromatic rings. The first-order valence-corrected chi connectivity index (χ1v) is 12.8. The fraction of sp³-hybridized carbons (Fsp3) is 0.731. The molecule has 0 amide bonds. The number of nitrogens with one attached hydrogen (secondary N) is 2. The van der Waals surface area contributed by atoms with E-state index in [0.29, 0.717) is 12.6 Å². The third-order valence-corrected chi connectivity index (χ3v) is 7.51. The van der Waals surface area contributed by atoms with E-state index in [-0.39, 0.29) is 5.41 Å². The number of aliphatic imine (C=N–C) groups is 1. The number of hydrogen-bond acceptors (Lipinski definition) is 4. The molecule has 3 aliphatic rings. The quantitative estimate of drug-likeness (QED) is 0.475. The van der Waals surface area contributed by atoms with Crippen molar-refractivity contribution in [2.75, 3.05) is 46.0 Å². The van der Waals surface area contributed by atoms with Gasteiger partial charge in [0.1, 0.15) is 5.75 Å². The van der Waals surface area contributed by atoms with Gasteiger partial charge in [0.15, 0.2) is 5.96 Å². The zero-order valence-electron chi connectivity index (χ0n) is 20.1. The minimum absolute atomic E-state index is 0.0247. The van der Waals surface area contributed by atoms with Crippen molar-refractivity contribution in [3.63, 3.8) is 0 Å². The number of benzene rings is 1. The standard InChI is InChI=1S/C26H42N4O2/c1-3-27-25(29-22-13-16-30(19-22)23-7-5-6-8-23)28-20-26(14-17-31-18-15-26)21-9-11-24(12-10-21)32-4-2/h9-12,22-23H,3-8,13-20H2,1-2H3,(H2,27,28,29). The summed E-state index contributed by atoms with van der Waals surface area (Å²) in [6.07, 6.45) is 8.78. The van der Waals surface area contributed by atoms with Gasteiger partial charge in [-0.05, 0) is 63.6 Å². The summed E-state index contributed by atoms with van der Waals surface area (Å²) < 4.78 is 11.4. The van der Waals surface area contributed by atoms with Gasteiger partial charge in [-0.25, -0.2) is 0 Å². The largest absolute Gasteiger partial charge is 0.494 e. The van der Waals surface area contributed by atoms with E-state index < -0.39 is 0 Å². The molecule has 6 nitrogen and oxygen atoms in total. The molecule has 32 heavy (non-hydrogen) atoms. The van der Waals surface area contributed by atoms with Gasteiger partial charge in [0, 0.05) is 50.3 Å². The average Bonchev–Trinajstić information content (AvgIpc) is 3.51. The Labute approximate surface area is 194 Å². The van der Waals surface area contributed by atoms with Gasteiger partial charge in [-0.2, -0.15) is 0 Å². The van der Waals surface area contributed by atoms with E-state index in [2.05, 4.69) is 46.7 Å². The Bertz CT molecular complexity index is 724. The molecule has 178 valence electrons.